The van der Waals surface area contributed by atoms with E-state index in [0.717, 1.165) is 43.0 Å². The molecule has 3 rings (SSSR count). The Kier molecular flexibility index (Phi) is 4.83. The molecule has 26 heavy (non-hydrogen) atoms. The number of aromatic nitrogens is 2. The van der Waals surface area contributed by atoms with E-state index in [-0.39, 0.29) is 23.9 Å². The van der Waals surface area contributed by atoms with Crippen molar-refractivity contribution >= 4 is 5.91 Å². The van der Waals surface area contributed by atoms with Crippen molar-refractivity contribution in [2.45, 2.75) is 76.7 Å². The van der Waals surface area contributed by atoms with Gasteiger partial charge in [-0.3, -0.25) is 9.48 Å². The van der Waals surface area contributed by atoms with Crippen LogP contribution in [0.25, 0.3) is 0 Å². The molecule has 2 unspecified atom stereocenters. The third kappa shape index (κ3) is 3.61. The van der Waals surface area contributed by atoms with Crippen LogP contribution >= 0.6 is 0 Å². The van der Waals surface area contributed by atoms with Gasteiger partial charge in [-0.2, -0.15) is 18.3 Å². The second kappa shape index (κ2) is 6.55. The van der Waals surface area contributed by atoms with Gasteiger partial charge in [0.2, 0.25) is 0 Å². The minimum Gasteiger partial charge on any atom is -0.349 e. The van der Waals surface area contributed by atoms with E-state index < -0.39 is 28.9 Å². The maximum atomic E-state index is 13.6. The molecule has 0 aliphatic heterocycles. The van der Waals surface area contributed by atoms with Crippen molar-refractivity contribution in [3.63, 3.8) is 0 Å². The van der Waals surface area contributed by atoms with Gasteiger partial charge in [-0.15, -0.1) is 0 Å². The number of nitrogens with zero attached hydrogens (tertiary/aromatic N) is 2. The van der Waals surface area contributed by atoms with Gasteiger partial charge in [-0.1, -0.05) is 6.42 Å². The number of hydrogen-bond donors (Lipinski definition) is 2. The summed E-state index contributed by atoms with van der Waals surface area (Å²) in [6.45, 7) is 4.89. The highest BCUT2D eigenvalue weighted by atomic mass is 19.4. The molecular weight excluding hydrogens is 345 g/mol. The summed E-state index contributed by atoms with van der Waals surface area (Å²) in [5.41, 5.74) is 3.82. The van der Waals surface area contributed by atoms with Crippen molar-refractivity contribution in [3.05, 3.63) is 17.5 Å². The van der Waals surface area contributed by atoms with E-state index in [1.165, 1.54) is 0 Å². The molecule has 0 spiro atoms. The number of rotatable bonds is 2. The first-order valence-electron chi connectivity index (χ1n) is 9.20. The molecule has 1 aromatic heterocycles. The fourth-order valence-electron chi connectivity index (χ4n) is 4.55. The van der Waals surface area contributed by atoms with Crippen LogP contribution in [0.1, 0.15) is 68.9 Å². The summed E-state index contributed by atoms with van der Waals surface area (Å²) in [6, 6.07) is 0.0166. The zero-order valence-corrected chi connectivity index (χ0v) is 15.4. The Bertz CT molecular complexity index is 663. The first-order valence-corrected chi connectivity index (χ1v) is 9.20. The number of alkyl halides is 3. The molecule has 2 bridgehead atoms. The molecule has 2 atom stereocenters. The monoisotopic (exact) mass is 372 g/mol. The molecule has 1 heterocycles. The van der Waals surface area contributed by atoms with Gasteiger partial charge >= 0.3 is 6.18 Å². The Morgan fingerprint density at radius 2 is 1.81 bits per heavy atom. The van der Waals surface area contributed by atoms with E-state index in [4.69, 9.17) is 5.73 Å². The van der Waals surface area contributed by atoms with Crippen molar-refractivity contribution in [1.82, 2.24) is 15.1 Å². The molecule has 146 valence electrons. The van der Waals surface area contributed by atoms with Gasteiger partial charge in [0.1, 0.15) is 0 Å². The van der Waals surface area contributed by atoms with Crippen LogP contribution in [0, 0.1) is 11.8 Å². The van der Waals surface area contributed by atoms with Crippen molar-refractivity contribution < 1.29 is 18.0 Å². The van der Waals surface area contributed by atoms with Gasteiger partial charge in [0.15, 0.2) is 5.69 Å². The second-order valence-corrected chi connectivity index (χ2v) is 8.67. The molecule has 0 radical (unpaired) electrons. The van der Waals surface area contributed by atoms with Gasteiger partial charge in [0.05, 0.1) is 17.3 Å². The summed E-state index contributed by atoms with van der Waals surface area (Å²) in [4.78, 5) is 12.7. The molecule has 2 saturated carbocycles. The van der Waals surface area contributed by atoms with Gasteiger partial charge in [0, 0.05) is 12.1 Å². The van der Waals surface area contributed by atoms with Crippen molar-refractivity contribution in [2.75, 3.05) is 0 Å². The van der Waals surface area contributed by atoms with Crippen LogP contribution in [-0.2, 0) is 11.7 Å². The van der Waals surface area contributed by atoms with E-state index in [0.29, 0.717) is 0 Å². The molecule has 2 fully saturated rings. The Balaban J connectivity index is 1.88. The number of carbonyl (C=O) groups excluding carboxylic acids is 1. The lowest BCUT2D eigenvalue weighted by molar-refractivity contribution is -0.146. The lowest BCUT2D eigenvalue weighted by Crippen LogP contribution is -2.53. The van der Waals surface area contributed by atoms with Crippen LogP contribution in [0.2, 0.25) is 0 Å². The predicted molar refractivity (Wildman–Crippen MR) is 91.5 cm³/mol. The van der Waals surface area contributed by atoms with Crippen LogP contribution in [0.15, 0.2) is 6.20 Å². The molecule has 2 aliphatic carbocycles. The van der Waals surface area contributed by atoms with E-state index in [1.54, 1.807) is 20.8 Å². The highest BCUT2D eigenvalue weighted by Crippen LogP contribution is 2.40. The molecular formula is C18H27F3N4O. The second-order valence-electron chi connectivity index (χ2n) is 8.67. The fraction of sp³-hybridized carbons (Fsp3) is 0.778. The largest absolute Gasteiger partial charge is 0.433 e. The molecule has 1 aromatic rings. The number of amides is 1. The molecule has 8 heteroatoms. The number of nitrogens with one attached hydrogen (secondary N) is 1. The van der Waals surface area contributed by atoms with Crippen LogP contribution in [0.3, 0.4) is 0 Å². The van der Waals surface area contributed by atoms with E-state index in [2.05, 4.69) is 10.4 Å². The number of fused-ring (bicyclic) bond motifs is 2. The predicted octanol–water partition coefficient (Wildman–Crippen LogP) is 3.29. The van der Waals surface area contributed by atoms with Crippen molar-refractivity contribution in [1.29, 1.82) is 0 Å². The van der Waals surface area contributed by atoms with E-state index >= 15 is 0 Å². The topological polar surface area (TPSA) is 72.9 Å². The highest BCUT2D eigenvalue weighted by molar-refractivity contribution is 5.95. The fourth-order valence-corrected chi connectivity index (χ4v) is 4.55. The molecule has 1 amide bonds. The first-order chi connectivity index (χ1) is 12.0. The summed E-state index contributed by atoms with van der Waals surface area (Å²) < 4.78 is 41.8. The van der Waals surface area contributed by atoms with Crippen molar-refractivity contribution in [3.8, 4) is 0 Å². The van der Waals surface area contributed by atoms with Crippen LogP contribution in [0.5, 0.6) is 0 Å². The number of carbonyl (C=O) groups is 1. The summed E-state index contributed by atoms with van der Waals surface area (Å²) in [5, 5.41) is 6.76. The first kappa shape index (κ1) is 19.2. The average Bonchev–Trinajstić information content (AvgIpc) is 2.93. The van der Waals surface area contributed by atoms with Crippen LogP contribution in [-0.4, -0.2) is 27.8 Å². The smallest absolute Gasteiger partial charge is 0.349 e. The maximum Gasteiger partial charge on any atom is 0.433 e. The van der Waals surface area contributed by atoms with Gasteiger partial charge in [-0.05, 0) is 58.3 Å². The molecule has 2 aliphatic rings. The number of halogens is 3. The van der Waals surface area contributed by atoms with Gasteiger partial charge in [0.25, 0.3) is 5.91 Å². The third-order valence-corrected chi connectivity index (χ3v) is 5.59. The molecule has 0 aromatic carbocycles. The Morgan fingerprint density at radius 3 is 2.31 bits per heavy atom. The van der Waals surface area contributed by atoms with Crippen LogP contribution in [0.4, 0.5) is 13.2 Å². The summed E-state index contributed by atoms with van der Waals surface area (Å²) in [7, 11) is 0. The Morgan fingerprint density at radius 1 is 1.23 bits per heavy atom. The molecule has 5 nitrogen and oxygen atoms in total. The Labute approximate surface area is 151 Å². The minimum atomic E-state index is -4.65. The number of hydrogen-bond acceptors (Lipinski definition) is 3. The molecule has 0 saturated heterocycles. The minimum absolute atomic E-state index is 0.102. The van der Waals surface area contributed by atoms with Crippen LogP contribution < -0.4 is 11.1 Å². The average molecular weight is 372 g/mol. The van der Waals surface area contributed by atoms with E-state index in [9.17, 15) is 18.0 Å². The zero-order valence-electron chi connectivity index (χ0n) is 15.4. The van der Waals surface area contributed by atoms with Gasteiger partial charge in [-0.25, -0.2) is 0 Å². The van der Waals surface area contributed by atoms with E-state index in [1.807, 2.05) is 0 Å². The lowest BCUT2D eigenvalue weighted by Gasteiger charge is -2.45. The summed E-state index contributed by atoms with van der Waals surface area (Å²) in [5.74, 6) is -0.202. The normalized spacial score (nSPS) is 29.5. The van der Waals surface area contributed by atoms with Crippen molar-refractivity contribution in [2.24, 2.45) is 17.6 Å². The third-order valence-electron chi connectivity index (χ3n) is 5.59. The standard InChI is InChI=1S/C18H27F3N4O/c1-17(2,3)25-15(18(19,20)21)13(9-23-25)16(26)24-14-10-5-4-6-11(14)8-12(22)7-10/h9-12,14H,4-8,22H2,1-3H3,(H,24,26). The Hall–Kier alpha value is -1.57. The SMILES string of the molecule is CC(C)(C)n1ncc(C(=O)NC2C3CCCC2CC(N)C3)c1C(F)(F)F. The highest BCUT2D eigenvalue weighted by Gasteiger charge is 2.44. The quantitative estimate of drug-likeness (QED) is 0.837. The number of nitrogens with two attached hydrogens (primary N) is 1. The zero-order chi connectivity index (χ0) is 19.3. The maximum absolute atomic E-state index is 13.6. The van der Waals surface area contributed by atoms with Gasteiger partial charge < -0.3 is 11.1 Å². The molecule has 3 N–H and O–H groups in total. The lowest BCUT2D eigenvalue weighted by atomic mass is 9.67. The summed E-state index contributed by atoms with van der Waals surface area (Å²) in [6.07, 6.45) is 1.02. The summed E-state index contributed by atoms with van der Waals surface area (Å²) >= 11 is 0.